The summed E-state index contributed by atoms with van der Waals surface area (Å²) in [6, 6.07) is 25.1. The molecule has 0 saturated carbocycles. The van der Waals surface area contributed by atoms with Gasteiger partial charge in [0, 0.05) is 35.4 Å². The highest BCUT2D eigenvalue weighted by molar-refractivity contribution is 5.95. The van der Waals surface area contributed by atoms with Crippen LogP contribution in [0.5, 0.6) is 0 Å². The van der Waals surface area contributed by atoms with Gasteiger partial charge in [0.1, 0.15) is 0 Å². The Hall–Kier alpha value is -4.19. The van der Waals surface area contributed by atoms with E-state index in [2.05, 4.69) is 4.98 Å². The summed E-state index contributed by atoms with van der Waals surface area (Å²) in [5.74, 6) is -0.836. The fourth-order valence-corrected chi connectivity index (χ4v) is 5.19. The lowest BCUT2D eigenvalue weighted by molar-refractivity contribution is -0.147. The molecule has 1 saturated heterocycles. The number of rotatable bonds is 6. The maximum atomic E-state index is 13.5. The summed E-state index contributed by atoms with van der Waals surface area (Å²) in [6.07, 6.45) is 3.74. The van der Waals surface area contributed by atoms with Gasteiger partial charge in [-0.3, -0.25) is 14.6 Å². The van der Waals surface area contributed by atoms with E-state index in [1.165, 1.54) is 7.11 Å². The van der Waals surface area contributed by atoms with Gasteiger partial charge in [-0.05, 0) is 66.3 Å². The minimum atomic E-state index is -0.472. The van der Waals surface area contributed by atoms with E-state index in [0.29, 0.717) is 24.2 Å². The number of methoxy groups -OCH3 is 1. The molecule has 0 spiro atoms. The van der Waals surface area contributed by atoms with E-state index in [-0.39, 0.29) is 17.9 Å². The molecule has 1 aromatic heterocycles. The Morgan fingerprint density at radius 2 is 1.78 bits per heavy atom. The number of nitrogen functional groups attached to an aromatic ring is 1. The number of nitrogens with zero attached hydrogens (tertiary/aromatic N) is 2. The van der Waals surface area contributed by atoms with Crippen molar-refractivity contribution in [3.05, 3.63) is 96.2 Å². The highest BCUT2D eigenvalue weighted by Crippen LogP contribution is 2.31. The van der Waals surface area contributed by atoms with E-state index in [1.54, 1.807) is 12.3 Å². The third kappa shape index (κ3) is 4.67. The first-order valence-corrected chi connectivity index (χ1v) is 12.2. The molecule has 2 atom stereocenters. The highest BCUT2D eigenvalue weighted by atomic mass is 16.5. The molecule has 6 nitrogen and oxygen atoms in total. The lowest BCUT2D eigenvalue weighted by Gasteiger charge is -2.30. The largest absolute Gasteiger partial charge is 0.469 e. The van der Waals surface area contributed by atoms with Gasteiger partial charge in [-0.2, -0.15) is 0 Å². The molecule has 2 heterocycles. The molecule has 2 N–H and O–H groups in total. The number of anilines is 1. The number of carbonyl (C=O) groups is 2. The van der Waals surface area contributed by atoms with Crippen LogP contribution < -0.4 is 5.73 Å². The van der Waals surface area contributed by atoms with E-state index in [9.17, 15) is 9.59 Å². The van der Waals surface area contributed by atoms with Gasteiger partial charge in [0.2, 0.25) is 0 Å². The van der Waals surface area contributed by atoms with E-state index in [4.69, 9.17) is 10.5 Å². The van der Waals surface area contributed by atoms with E-state index in [0.717, 1.165) is 40.4 Å². The first-order valence-electron chi connectivity index (χ1n) is 12.2. The number of pyridine rings is 1. The van der Waals surface area contributed by atoms with Gasteiger partial charge in [-0.15, -0.1) is 0 Å². The number of hydrogen-bond donors (Lipinski definition) is 1. The van der Waals surface area contributed by atoms with Crippen molar-refractivity contribution < 1.29 is 14.3 Å². The number of likely N-dealkylation sites (tertiary alicyclic amines) is 1. The zero-order valence-corrected chi connectivity index (χ0v) is 20.3. The molecule has 0 radical (unpaired) electrons. The molecule has 2 unspecified atom stereocenters. The van der Waals surface area contributed by atoms with Crippen molar-refractivity contribution in [1.29, 1.82) is 0 Å². The Kier molecular flexibility index (Phi) is 6.67. The van der Waals surface area contributed by atoms with Crippen LogP contribution in [0.2, 0.25) is 0 Å². The van der Waals surface area contributed by atoms with Crippen molar-refractivity contribution in [2.75, 3.05) is 19.4 Å². The van der Waals surface area contributed by atoms with Crippen LogP contribution in [0.3, 0.4) is 0 Å². The SMILES string of the molecule is COC(=O)C(Cc1ccc2nccc(N)c2c1)C1CCCN1C(=O)c1ccc(-c2ccccc2)cc1. The molecule has 36 heavy (non-hydrogen) atoms. The monoisotopic (exact) mass is 479 g/mol. The summed E-state index contributed by atoms with van der Waals surface area (Å²) in [5, 5.41) is 0.858. The smallest absolute Gasteiger partial charge is 0.311 e. The van der Waals surface area contributed by atoms with Crippen LogP contribution in [0, 0.1) is 5.92 Å². The number of amides is 1. The van der Waals surface area contributed by atoms with Gasteiger partial charge in [0.05, 0.1) is 18.5 Å². The van der Waals surface area contributed by atoms with Crippen LogP contribution in [0.1, 0.15) is 28.8 Å². The van der Waals surface area contributed by atoms with Crippen molar-refractivity contribution in [2.24, 2.45) is 5.92 Å². The second kappa shape index (κ2) is 10.2. The molecule has 6 heteroatoms. The normalized spacial score (nSPS) is 16.1. The third-order valence-electron chi connectivity index (χ3n) is 7.06. The summed E-state index contributed by atoms with van der Waals surface area (Å²) in [5.41, 5.74) is 11.4. The Morgan fingerprint density at radius 3 is 2.53 bits per heavy atom. The molecule has 1 amide bonds. The van der Waals surface area contributed by atoms with Crippen molar-refractivity contribution in [2.45, 2.75) is 25.3 Å². The van der Waals surface area contributed by atoms with Crippen LogP contribution >= 0.6 is 0 Å². The molecule has 4 aromatic rings. The van der Waals surface area contributed by atoms with Crippen LogP contribution in [0.25, 0.3) is 22.0 Å². The number of esters is 1. The van der Waals surface area contributed by atoms with Crippen molar-refractivity contribution in [1.82, 2.24) is 9.88 Å². The number of ether oxygens (including phenoxy) is 1. The molecule has 1 fully saturated rings. The fraction of sp³-hybridized carbons (Fsp3) is 0.233. The minimum absolute atomic E-state index is 0.0574. The van der Waals surface area contributed by atoms with Crippen LogP contribution in [-0.4, -0.2) is 41.5 Å². The predicted octanol–water partition coefficient (Wildman–Crippen LogP) is 5.12. The Morgan fingerprint density at radius 1 is 1.03 bits per heavy atom. The average molecular weight is 480 g/mol. The van der Waals surface area contributed by atoms with E-state index < -0.39 is 5.92 Å². The second-order valence-corrected chi connectivity index (χ2v) is 9.24. The lowest BCUT2D eigenvalue weighted by atomic mass is 9.89. The number of benzene rings is 3. The quantitative estimate of drug-likeness (QED) is 0.388. The predicted molar refractivity (Wildman–Crippen MR) is 141 cm³/mol. The standard InChI is InChI=1S/C30H29N3O3/c1-36-30(35)25(19-20-9-14-27-24(18-20)26(31)15-16-32-27)28-8-5-17-33(28)29(34)23-12-10-22(11-13-23)21-6-3-2-4-7-21/h2-4,6-7,9-16,18,25,28H,5,8,17,19H2,1H3,(H2,31,32). The fourth-order valence-electron chi connectivity index (χ4n) is 5.19. The number of fused-ring (bicyclic) bond motifs is 1. The van der Waals surface area contributed by atoms with Crippen LogP contribution in [0.4, 0.5) is 5.69 Å². The van der Waals surface area contributed by atoms with Gasteiger partial charge in [-0.25, -0.2) is 0 Å². The molecule has 1 aliphatic rings. The number of hydrogen-bond acceptors (Lipinski definition) is 5. The molecule has 3 aromatic carbocycles. The van der Waals surface area contributed by atoms with Gasteiger partial charge in [0.15, 0.2) is 0 Å². The van der Waals surface area contributed by atoms with Crippen molar-refractivity contribution in [3.8, 4) is 11.1 Å². The average Bonchev–Trinajstić information content (AvgIpc) is 3.41. The number of carbonyl (C=O) groups excluding carboxylic acids is 2. The molecular weight excluding hydrogens is 450 g/mol. The highest BCUT2D eigenvalue weighted by Gasteiger charge is 2.39. The molecular formula is C30H29N3O3. The lowest BCUT2D eigenvalue weighted by Crippen LogP contribution is -2.44. The molecule has 182 valence electrons. The summed E-state index contributed by atoms with van der Waals surface area (Å²) < 4.78 is 5.19. The summed E-state index contributed by atoms with van der Waals surface area (Å²) >= 11 is 0. The number of aromatic nitrogens is 1. The topological polar surface area (TPSA) is 85.5 Å². The first-order chi connectivity index (χ1) is 17.5. The zero-order chi connectivity index (χ0) is 25.1. The zero-order valence-electron chi connectivity index (χ0n) is 20.3. The molecule has 0 bridgehead atoms. The van der Waals surface area contributed by atoms with Crippen LogP contribution in [-0.2, 0) is 16.0 Å². The van der Waals surface area contributed by atoms with E-state index in [1.807, 2.05) is 77.7 Å². The molecule has 1 aliphatic heterocycles. The first kappa shape index (κ1) is 23.5. The van der Waals surface area contributed by atoms with Gasteiger partial charge in [-0.1, -0.05) is 48.5 Å². The Labute approximate surface area is 210 Å². The summed E-state index contributed by atoms with van der Waals surface area (Å²) in [6.45, 7) is 0.617. The maximum Gasteiger partial charge on any atom is 0.311 e. The third-order valence-corrected chi connectivity index (χ3v) is 7.06. The van der Waals surface area contributed by atoms with Gasteiger partial charge < -0.3 is 15.4 Å². The maximum absolute atomic E-state index is 13.5. The van der Waals surface area contributed by atoms with Crippen LogP contribution in [0.15, 0.2) is 85.1 Å². The Bertz CT molecular complexity index is 1390. The Balaban J connectivity index is 1.39. The minimum Gasteiger partial charge on any atom is -0.469 e. The molecule has 0 aliphatic carbocycles. The number of nitrogens with two attached hydrogens (primary N) is 1. The second-order valence-electron chi connectivity index (χ2n) is 9.24. The summed E-state index contributed by atoms with van der Waals surface area (Å²) in [4.78, 5) is 32.7. The van der Waals surface area contributed by atoms with E-state index >= 15 is 0 Å². The van der Waals surface area contributed by atoms with Gasteiger partial charge in [0.25, 0.3) is 5.91 Å². The van der Waals surface area contributed by atoms with Crippen molar-refractivity contribution in [3.63, 3.8) is 0 Å². The summed E-state index contributed by atoms with van der Waals surface area (Å²) in [7, 11) is 1.40. The van der Waals surface area contributed by atoms with Crippen molar-refractivity contribution >= 4 is 28.5 Å². The molecule has 5 rings (SSSR count). The van der Waals surface area contributed by atoms with Gasteiger partial charge >= 0.3 is 5.97 Å².